The average molecular weight is 386 g/mol. The summed E-state index contributed by atoms with van der Waals surface area (Å²) >= 11 is 12.0. The lowest BCUT2D eigenvalue weighted by Gasteiger charge is -2.26. The van der Waals surface area contributed by atoms with Crippen LogP contribution < -0.4 is 5.32 Å². The highest BCUT2D eigenvalue weighted by Gasteiger charge is 2.19. The molecule has 2 aromatic carbocycles. The quantitative estimate of drug-likeness (QED) is 0.575. The molecule has 4 rings (SSSR count). The molecule has 0 aliphatic carbocycles. The lowest BCUT2D eigenvalue weighted by molar-refractivity contribution is 0.217. The summed E-state index contributed by atoms with van der Waals surface area (Å²) in [5.41, 5.74) is 4.18. The van der Waals surface area contributed by atoms with E-state index in [4.69, 9.17) is 23.2 Å². The van der Waals surface area contributed by atoms with Crippen molar-refractivity contribution >= 4 is 51.4 Å². The zero-order chi connectivity index (χ0) is 18.1. The minimum atomic E-state index is -0.107. The van der Waals surface area contributed by atoms with Crippen molar-refractivity contribution in [1.29, 1.82) is 0 Å². The number of urea groups is 1. The van der Waals surface area contributed by atoms with Crippen LogP contribution in [0.15, 0.2) is 54.7 Å². The van der Waals surface area contributed by atoms with E-state index in [0.29, 0.717) is 18.1 Å². The van der Waals surface area contributed by atoms with Gasteiger partial charge in [0.1, 0.15) is 0 Å². The Hall–Kier alpha value is -2.43. The Kier molecular flexibility index (Phi) is 4.62. The number of nitrogens with one attached hydrogen (secondary N) is 2. The molecule has 0 unspecified atom stereocenters. The van der Waals surface area contributed by atoms with Crippen molar-refractivity contribution in [3.63, 3.8) is 0 Å². The van der Waals surface area contributed by atoms with E-state index < -0.39 is 0 Å². The fourth-order valence-electron chi connectivity index (χ4n) is 3.19. The zero-order valence-electron chi connectivity index (χ0n) is 13.9. The number of aromatic nitrogens is 1. The number of rotatable bonds is 2. The van der Waals surface area contributed by atoms with Gasteiger partial charge in [0.2, 0.25) is 0 Å². The highest BCUT2D eigenvalue weighted by atomic mass is 35.5. The van der Waals surface area contributed by atoms with E-state index in [-0.39, 0.29) is 6.03 Å². The van der Waals surface area contributed by atoms with Gasteiger partial charge >= 0.3 is 6.03 Å². The first-order valence-electron chi connectivity index (χ1n) is 8.38. The monoisotopic (exact) mass is 385 g/mol. The zero-order valence-corrected chi connectivity index (χ0v) is 15.4. The second kappa shape index (κ2) is 7.06. The van der Waals surface area contributed by atoms with E-state index in [1.54, 1.807) is 29.2 Å². The normalized spacial score (nSPS) is 14.4. The van der Waals surface area contributed by atoms with Crippen molar-refractivity contribution in [2.45, 2.75) is 6.42 Å². The number of amides is 2. The number of carbonyl (C=O) groups excluding carboxylic acids is 1. The van der Waals surface area contributed by atoms with Crippen molar-refractivity contribution in [2.24, 2.45) is 0 Å². The fraction of sp³-hybridized carbons (Fsp3) is 0.150. The number of benzene rings is 2. The van der Waals surface area contributed by atoms with Crippen LogP contribution in [0.4, 0.5) is 10.5 Å². The summed E-state index contributed by atoms with van der Waals surface area (Å²) in [4.78, 5) is 17.5. The van der Waals surface area contributed by atoms with Crippen LogP contribution in [0.3, 0.4) is 0 Å². The lowest BCUT2D eigenvalue weighted by atomic mass is 9.99. The van der Waals surface area contributed by atoms with Crippen LogP contribution in [0.5, 0.6) is 0 Å². The van der Waals surface area contributed by atoms with Crippen LogP contribution in [-0.4, -0.2) is 29.0 Å². The number of aromatic amines is 1. The third-order valence-electron chi connectivity index (χ3n) is 4.58. The van der Waals surface area contributed by atoms with Crippen LogP contribution in [0.1, 0.15) is 12.0 Å². The van der Waals surface area contributed by atoms with E-state index in [1.807, 2.05) is 24.4 Å². The van der Waals surface area contributed by atoms with E-state index in [9.17, 15) is 4.79 Å². The van der Waals surface area contributed by atoms with Gasteiger partial charge in [0.05, 0.1) is 0 Å². The van der Waals surface area contributed by atoms with Crippen molar-refractivity contribution in [3.8, 4) is 0 Å². The molecule has 2 amide bonds. The number of carbonyl (C=O) groups is 1. The Bertz CT molecular complexity index is 992. The van der Waals surface area contributed by atoms with E-state index >= 15 is 0 Å². The van der Waals surface area contributed by atoms with E-state index in [2.05, 4.69) is 16.4 Å². The number of nitrogens with zero attached hydrogens (tertiary/aromatic N) is 1. The molecule has 0 saturated carbocycles. The molecule has 0 fully saturated rings. The van der Waals surface area contributed by atoms with Gasteiger partial charge < -0.3 is 15.2 Å². The minimum Gasteiger partial charge on any atom is -0.361 e. The van der Waals surface area contributed by atoms with Crippen LogP contribution in [-0.2, 0) is 0 Å². The Labute approximate surface area is 161 Å². The van der Waals surface area contributed by atoms with Crippen LogP contribution in [0.25, 0.3) is 16.5 Å². The van der Waals surface area contributed by atoms with Gasteiger partial charge in [-0.3, -0.25) is 0 Å². The maximum Gasteiger partial charge on any atom is 0.322 e. The largest absolute Gasteiger partial charge is 0.361 e. The molecule has 1 aliphatic heterocycles. The minimum absolute atomic E-state index is 0.107. The molecule has 0 spiro atoms. The van der Waals surface area contributed by atoms with Crippen molar-refractivity contribution in [1.82, 2.24) is 9.88 Å². The number of anilines is 1. The molecule has 2 heterocycles. The number of fused-ring (bicyclic) bond motifs is 1. The molecule has 0 atom stereocenters. The van der Waals surface area contributed by atoms with Gasteiger partial charge in [0.25, 0.3) is 0 Å². The van der Waals surface area contributed by atoms with Crippen molar-refractivity contribution < 1.29 is 4.79 Å². The molecule has 3 aromatic rings. The summed E-state index contributed by atoms with van der Waals surface area (Å²) in [6, 6.07) is 12.8. The Morgan fingerprint density at radius 2 is 1.85 bits per heavy atom. The first-order chi connectivity index (χ1) is 12.6. The molecule has 6 heteroatoms. The van der Waals surface area contributed by atoms with Crippen LogP contribution in [0, 0.1) is 0 Å². The maximum absolute atomic E-state index is 12.4. The summed E-state index contributed by atoms with van der Waals surface area (Å²) in [7, 11) is 0. The molecule has 1 aromatic heterocycles. The molecular weight excluding hydrogens is 369 g/mol. The molecule has 0 bridgehead atoms. The van der Waals surface area contributed by atoms with Gasteiger partial charge in [0.15, 0.2) is 0 Å². The summed E-state index contributed by atoms with van der Waals surface area (Å²) < 4.78 is 0. The molecule has 0 saturated heterocycles. The SMILES string of the molecule is O=C(Nc1ccc(Cl)cc1)N1CC=C(c2c[nH]c3ccc(Cl)cc23)CC1. The fourth-order valence-corrected chi connectivity index (χ4v) is 3.49. The predicted molar refractivity (Wildman–Crippen MR) is 108 cm³/mol. The second-order valence-electron chi connectivity index (χ2n) is 6.25. The Morgan fingerprint density at radius 3 is 2.58 bits per heavy atom. The third kappa shape index (κ3) is 3.43. The molecular formula is C20H17Cl2N3O. The molecule has 1 aliphatic rings. The van der Waals surface area contributed by atoms with Gasteiger partial charge in [-0.1, -0.05) is 29.3 Å². The Morgan fingerprint density at radius 1 is 1.08 bits per heavy atom. The lowest BCUT2D eigenvalue weighted by Crippen LogP contribution is -2.37. The molecule has 132 valence electrons. The number of H-pyrrole nitrogens is 1. The molecule has 0 radical (unpaired) electrons. The van der Waals surface area contributed by atoms with E-state index in [1.165, 1.54) is 5.57 Å². The first kappa shape index (κ1) is 17.0. The summed E-state index contributed by atoms with van der Waals surface area (Å²) in [5, 5.41) is 5.38. The molecule has 2 N–H and O–H groups in total. The Balaban J connectivity index is 1.48. The highest BCUT2D eigenvalue weighted by molar-refractivity contribution is 6.31. The average Bonchev–Trinajstić information content (AvgIpc) is 3.06. The second-order valence-corrected chi connectivity index (χ2v) is 7.13. The third-order valence-corrected chi connectivity index (χ3v) is 5.07. The van der Waals surface area contributed by atoms with Crippen molar-refractivity contribution in [3.05, 3.63) is 70.3 Å². The number of hydrogen-bond donors (Lipinski definition) is 2. The number of halogens is 2. The number of hydrogen-bond acceptors (Lipinski definition) is 1. The van der Waals surface area contributed by atoms with Gasteiger partial charge in [-0.15, -0.1) is 0 Å². The predicted octanol–water partition coefficient (Wildman–Crippen LogP) is 5.80. The van der Waals surface area contributed by atoms with Crippen molar-refractivity contribution in [2.75, 3.05) is 18.4 Å². The first-order valence-corrected chi connectivity index (χ1v) is 9.13. The summed E-state index contributed by atoms with van der Waals surface area (Å²) in [5.74, 6) is 0. The smallest absolute Gasteiger partial charge is 0.322 e. The van der Waals surface area contributed by atoms with E-state index in [0.717, 1.165) is 33.6 Å². The standard InChI is InChI=1S/C20H17Cl2N3O/c21-14-1-4-16(5-2-14)24-20(26)25-9-7-13(8-10-25)18-12-23-19-6-3-15(22)11-17(18)19/h1-7,11-12,23H,8-10H2,(H,24,26). The topological polar surface area (TPSA) is 48.1 Å². The summed E-state index contributed by atoms with van der Waals surface area (Å²) in [6.07, 6.45) is 4.91. The highest BCUT2D eigenvalue weighted by Crippen LogP contribution is 2.31. The van der Waals surface area contributed by atoms with Gasteiger partial charge in [-0.2, -0.15) is 0 Å². The van der Waals surface area contributed by atoms with Gasteiger partial charge in [-0.25, -0.2) is 4.79 Å². The van der Waals surface area contributed by atoms with Crippen LogP contribution in [0.2, 0.25) is 10.0 Å². The molecule has 26 heavy (non-hydrogen) atoms. The van der Waals surface area contributed by atoms with Gasteiger partial charge in [-0.05, 0) is 54.5 Å². The molecule has 4 nitrogen and oxygen atoms in total. The maximum atomic E-state index is 12.4. The van der Waals surface area contributed by atoms with Gasteiger partial charge in [0, 0.05) is 51.5 Å². The van der Waals surface area contributed by atoms with Crippen LogP contribution >= 0.6 is 23.2 Å². The summed E-state index contributed by atoms with van der Waals surface area (Å²) in [6.45, 7) is 1.24.